The van der Waals surface area contributed by atoms with Crippen molar-refractivity contribution < 1.29 is 27.2 Å². The van der Waals surface area contributed by atoms with Crippen LogP contribution in [0.15, 0.2) is 17.0 Å². The number of nitro groups is 1. The molecule has 1 aromatic carbocycles. The summed E-state index contributed by atoms with van der Waals surface area (Å²) in [5.41, 5.74) is -1.10. The van der Waals surface area contributed by atoms with Gasteiger partial charge < -0.3 is 5.11 Å². The lowest BCUT2D eigenvalue weighted by Crippen LogP contribution is -2.40. The SMILES string of the molecule is O=[N+]([O-])c1cc(S(=O)(=O)N2CCC(O)CC2)c(F)cc1F. The van der Waals surface area contributed by atoms with Crippen LogP contribution in [0.2, 0.25) is 0 Å². The van der Waals surface area contributed by atoms with Crippen LogP contribution in [0.4, 0.5) is 14.5 Å². The summed E-state index contributed by atoms with van der Waals surface area (Å²) in [5, 5.41) is 20.0. The van der Waals surface area contributed by atoms with E-state index in [-0.39, 0.29) is 32.0 Å². The lowest BCUT2D eigenvalue weighted by atomic mass is 10.1. The Balaban J connectivity index is 2.45. The van der Waals surface area contributed by atoms with E-state index in [4.69, 9.17) is 0 Å². The molecule has 1 heterocycles. The van der Waals surface area contributed by atoms with Gasteiger partial charge in [0.1, 0.15) is 10.7 Å². The van der Waals surface area contributed by atoms with Crippen molar-refractivity contribution in [3.63, 3.8) is 0 Å². The van der Waals surface area contributed by atoms with Crippen LogP contribution in [-0.2, 0) is 10.0 Å². The monoisotopic (exact) mass is 322 g/mol. The van der Waals surface area contributed by atoms with Gasteiger partial charge in [-0.1, -0.05) is 0 Å². The molecule has 0 bridgehead atoms. The van der Waals surface area contributed by atoms with E-state index in [1.165, 1.54) is 0 Å². The Bertz CT molecular complexity index is 671. The highest BCUT2D eigenvalue weighted by Gasteiger charge is 2.33. The normalized spacial score (nSPS) is 17.9. The Hall–Kier alpha value is -1.65. The molecule has 1 aromatic rings. The fraction of sp³-hybridized carbons (Fsp3) is 0.455. The number of hydrogen-bond acceptors (Lipinski definition) is 5. The Labute approximate surface area is 119 Å². The van der Waals surface area contributed by atoms with Gasteiger partial charge >= 0.3 is 5.69 Å². The molecule has 0 spiro atoms. The van der Waals surface area contributed by atoms with E-state index in [0.29, 0.717) is 6.07 Å². The minimum atomic E-state index is -4.31. The summed E-state index contributed by atoms with van der Waals surface area (Å²) >= 11 is 0. The van der Waals surface area contributed by atoms with Crippen molar-refractivity contribution in [2.24, 2.45) is 0 Å². The number of sulfonamides is 1. The average Bonchev–Trinajstić information content (AvgIpc) is 2.38. The van der Waals surface area contributed by atoms with Crippen LogP contribution in [0.3, 0.4) is 0 Å². The summed E-state index contributed by atoms with van der Waals surface area (Å²) in [6.45, 7) is -0.0672. The second kappa shape index (κ2) is 5.62. The maximum absolute atomic E-state index is 13.7. The van der Waals surface area contributed by atoms with E-state index < -0.39 is 43.3 Å². The Morgan fingerprint density at radius 3 is 2.33 bits per heavy atom. The zero-order chi connectivity index (χ0) is 15.8. The minimum Gasteiger partial charge on any atom is -0.393 e. The first-order valence-corrected chi connectivity index (χ1v) is 7.49. The molecule has 0 amide bonds. The highest BCUT2D eigenvalue weighted by molar-refractivity contribution is 7.89. The molecule has 1 fully saturated rings. The summed E-state index contributed by atoms with van der Waals surface area (Å²) in [4.78, 5) is 8.58. The van der Waals surface area contributed by atoms with Gasteiger partial charge in [-0.2, -0.15) is 8.70 Å². The molecule has 0 aliphatic carbocycles. The van der Waals surface area contributed by atoms with Crippen molar-refractivity contribution in [3.05, 3.63) is 33.9 Å². The number of nitrogens with zero attached hydrogens (tertiary/aromatic N) is 2. The number of nitro benzene ring substituents is 1. The fourth-order valence-electron chi connectivity index (χ4n) is 2.08. The van der Waals surface area contributed by atoms with E-state index in [0.717, 1.165) is 4.31 Å². The number of rotatable bonds is 3. The Morgan fingerprint density at radius 1 is 1.24 bits per heavy atom. The smallest absolute Gasteiger partial charge is 0.306 e. The Kier molecular flexibility index (Phi) is 4.21. The first kappa shape index (κ1) is 15.7. The molecule has 1 saturated heterocycles. The second-order valence-corrected chi connectivity index (χ2v) is 6.53. The third-order valence-corrected chi connectivity index (χ3v) is 5.15. The third kappa shape index (κ3) is 3.01. The van der Waals surface area contributed by atoms with E-state index in [2.05, 4.69) is 0 Å². The predicted molar refractivity (Wildman–Crippen MR) is 67.0 cm³/mol. The number of piperidine rings is 1. The largest absolute Gasteiger partial charge is 0.393 e. The van der Waals surface area contributed by atoms with Gasteiger partial charge in [-0.05, 0) is 12.8 Å². The van der Waals surface area contributed by atoms with Crippen molar-refractivity contribution in [2.45, 2.75) is 23.8 Å². The van der Waals surface area contributed by atoms with Crippen LogP contribution in [0.1, 0.15) is 12.8 Å². The third-order valence-electron chi connectivity index (χ3n) is 3.24. The molecule has 7 nitrogen and oxygen atoms in total. The lowest BCUT2D eigenvalue weighted by Gasteiger charge is -2.28. The Morgan fingerprint density at radius 2 is 1.81 bits per heavy atom. The second-order valence-electron chi connectivity index (χ2n) is 4.63. The standard InChI is InChI=1S/C11H12F2N2O5S/c12-8-5-9(13)11(6-10(8)15(17)18)21(19,20)14-3-1-7(16)2-4-14/h5-7,16H,1-4H2. The summed E-state index contributed by atoms with van der Waals surface area (Å²) in [7, 11) is -4.31. The summed E-state index contributed by atoms with van der Waals surface area (Å²) in [6.07, 6.45) is -0.266. The quantitative estimate of drug-likeness (QED) is 0.661. The summed E-state index contributed by atoms with van der Waals surface area (Å²) < 4.78 is 52.4. The number of hydrogen-bond donors (Lipinski definition) is 1. The molecule has 0 saturated carbocycles. The van der Waals surface area contributed by atoms with Gasteiger partial charge in [0.05, 0.1) is 11.0 Å². The molecule has 0 atom stereocenters. The number of aliphatic hydroxyl groups excluding tert-OH is 1. The summed E-state index contributed by atoms with van der Waals surface area (Å²) in [6, 6.07) is 0.564. The molecule has 2 rings (SSSR count). The van der Waals surface area contributed by atoms with Gasteiger partial charge in [-0.15, -0.1) is 0 Å². The van der Waals surface area contributed by atoms with Crippen LogP contribution in [0.25, 0.3) is 0 Å². The van der Waals surface area contributed by atoms with Gasteiger partial charge in [0.15, 0.2) is 0 Å². The van der Waals surface area contributed by atoms with Crippen molar-refractivity contribution in [2.75, 3.05) is 13.1 Å². The topological polar surface area (TPSA) is 101 Å². The molecule has 0 aromatic heterocycles. The number of benzene rings is 1. The van der Waals surface area contributed by atoms with Crippen LogP contribution in [0.5, 0.6) is 0 Å². The average molecular weight is 322 g/mol. The lowest BCUT2D eigenvalue weighted by molar-refractivity contribution is -0.387. The van der Waals surface area contributed by atoms with Crippen LogP contribution < -0.4 is 0 Å². The fourth-order valence-corrected chi connectivity index (χ4v) is 3.61. The van der Waals surface area contributed by atoms with E-state index >= 15 is 0 Å². The summed E-state index contributed by atoms with van der Waals surface area (Å²) in [5.74, 6) is -2.82. The van der Waals surface area contributed by atoms with Gasteiger partial charge in [0, 0.05) is 25.2 Å². The van der Waals surface area contributed by atoms with E-state index in [9.17, 15) is 32.4 Å². The maximum Gasteiger partial charge on any atom is 0.306 e. The molecule has 116 valence electrons. The van der Waals surface area contributed by atoms with E-state index in [1.54, 1.807) is 0 Å². The molecule has 0 unspecified atom stereocenters. The van der Waals surface area contributed by atoms with Crippen LogP contribution >= 0.6 is 0 Å². The zero-order valence-electron chi connectivity index (χ0n) is 10.7. The van der Waals surface area contributed by atoms with Crippen molar-refractivity contribution >= 4 is 15.7 Å². The first-order valence-electron chi connectivity index (χ1n) is 6.05. The van der Waals surface area contributed by atoms with E-state index in [1.807, 2.05) is 0 Å². The maximum atomic E-state index is 13.7. The number of halogens is 2. The molecule has 1 aliphatic heterocycles. The highest BCUT2D eigenvalue weighted by Crippen LogP contribution is 2.28. The molecular weight excluding hydrogens is 310 g/mol. The molecule has 1 aliphatic rings. The minimum absolute atomic E-state index is 0.0336. The number of aliphatic hydroxyl groups is 1. The molecular formula is C11H12F2N2O5S. The van der Waals surface area contributed by atoms with Crippen LogP contribution in [0, 0.1) is 21.7 Å². The molecule has 21 heavy (non-hydrogen) atoms. The molecule has 1 N–H and O–H groups in total. The first-order chi connectivity index (χ1) is 9.73. The van der Waals surface area contributed by atoms with Gasteiger partial charge in [-0.25, -0.2) is 12.8 Å². The van der Waals surface area contributed by atoms with Gasteiger partial charge in [0.25, 0.3) is 0 Å². The highest BCUT2D eigenvalue weighted by atomic mass is 32.2. The zero-order valence-corrected chi connectivity index (χ0v) is 11.5. The van der Waals surface area contributed by atoms with Crippen LogP contribution in [-0.4, -0.2) is 41.9 Å². The van der Waals surface area contributed by atoms with Crippen molar-refractivity contribution in [3.8, 4) is 0 Å². The van der Waals surface area contributed by atoms with Gasteiger partial charge in [-0.3, -0.25) is 10.1 Å². The molecule has 0 radical (unpaired) electrons. The van der Waals surface area contributed by atoms with Crippen molar-refractivity contribution in [1.82, 2.24) is 4.31 Å². The molecule has 10 heteroatoms. The predicted octanol–water partition coefficient (Wildman–Crippen LogP) is 1.02. The van der Waals surface area contributed by atoms with Crippen molar-refractivity contribution in [1.29, 1.82) is 0 Å². The van der Waals surface area contributed by atoms with Gasteiger partial charge in [0.2, 0.25) is 15.8 Å².